The summed E-state index contributed by atoms with van der Waals surface area (Å²) >= 11 is 0. The average Bonchev–Trinajstić information content (AvgIpc) is 2.50. The molecule has 0 saturated carbocycles. The minimum Gasteiger partial charge on any atom is -0.385 e. The van der Waals surface area contributed by atoms with Crippen molar-refractivity contribution in [2.24, 2.45) is 0 Å². The van der Waals surface area contributed by atoms with Crippen LogP contribution in [0.5, 0.6) is 0 Å². The normalized spacial score (nSPS) is 10.1. The quantitative estimate of drug-likeness (QED) is 0.678. The van der Waals surface area contributed by atoms with Gasteiger partial charge in [0.1, 0.15) is 0 Å². The van der Waals surface area contributed by atoms with Gasteiger partial charge < -0.3 is 14.4 Å². The Morgan fingerprint density at radius 1 is 1.25 bits per heavy atom. The SMILES string of the molecule is COCCCN(CCOC)C(=O)c1cccc(C#N)c1. The highest BCUT2D eigenvalue weighted by Crippen LogP contribution is 2.08. The van der Waals surface area contributed by atoms with Crippen LogP contribution in [0.3, 0.4) is 0 Å². The van der Waals surface area contributed by atoms with Crippen molar-refractivity contribution in [2.75, 3.05) is 40.5 Å². The van der Waals surface area contributed by atoms with Crippen LogP contribution < -0.4 is 0 Å². The summed E-state index contributed by atoms with van der Waals surface area (Å²) in [5.74, 6) is -0.0877. The van der Waals surface area contributed by atoms with Crippen molar-refractivity contribution in [1.82, 2.24) is 4.90 Å². The van der Waals surface area contributed by atoms with E-state index in [1.54, 1.807) is 43.4 Å². The molecule has 0 aliphatic heterocycles. The van der Waals surface area contributed by atoms with Crippen LogP contribution in [0.25, 0.3) is 0 Å². The first-order chi connectivity index (χ1) is 9.72. The van der Waals surface area contributed by atoms with Gasteiger partial charge in [0, 0.05) is 39.5 Å². The summed E-state index contributed by atoms with van der Waals surface area (Å²) in [6, 6.07) is 8.77. The Labute approximate surface area is 119 Å². The lowest BCUT2D eigenvalue weighted by atomic mass is 10.1. The molecule has 0 fully saturated rings. The molecular weight excluding hydrogens is 256 g/mol. The van der Waals surface area contributed by atoms with Gasteiger partial charge in [0.15, 0.2) is 0 Å². The molecule has 0 spiro atoms. The van der Waals surface area contributed by atoms with Gasteiger partial charge >= 0.3 is 0 Å². The lowest BCUT2D eigenvalue weighted by Gasteiger charge is -2.22. The third-order valence-corrected chi connectivity index (χ3v) is 2.87. The molecule has 108 valence electrons. The Bertz CT molecular complexity index is 468. The topological polar surface area (TPSA) is 62.6 Å². The van der Waals surface area contributed by atoms with E-state index >= 15 is 0 Å². The molecule has 1 aromatic rings. The van der Waals surface area contributed by atoms with Crippen LogP contribution in [0.4, 0.5) is 0 Å². The van der Waals surface area contributed by atoms with Crippen LogP contribution in [-0.2, 0) is 9.47 Å². The van der Waals surface area contributed by atoms with Crippen LogP contribution in [0, 0.1) is 11.3 Å². The van der Waals surface area contributed by atoms with Crippen molar-refractivity contribution in [3.8, 4) is 6.07 Å². The van der Waals surface area contributed by atoms with Crippen LogP contribution in [0.15, 0.2) is 24.3 Å². The fourth-order valence-electron chi connectivity index (χ4n) is 1.82. The summed E-state index contributed by atoms with van der Waals surface area (Å²) in [6.45, 7) is 2.22. The van der Waals surface area contributed by atoms with E-state index in [-0.39, 0.29) is 5.91 Å². The van der Waals surface area contributed by atoms with Crippen molar-refractivity contribution < 1.29 is 14.3 Å². The zero-order valence-electron chi connectivity index (χ0n) is 12.0. The lowest BCUT2D eigenvalue weighted by Crippen LogP contribution is -2.35. The van der Waals surface area contributed by atoms with E-state index in [2.05, 4.69) is 0 Å². The van der Waals surface area contributed by atoms with Gasteiger partial charge in [-0.1, -0.05) is 6.07 Å². The summed E-state index contributed by atoms with van der Waals surface area (Å²) in [5.41, 5.74) is 1.01. The minimum absolute atomic E-state index is 0.0877. The standard InChI is InChI=1S/C15H20N2O3/c1-19-9-4-7-17(8-10-20-2)15(18)14-6-3-5-13(11-14)12-16/h3,5-6,11H,4,7-10H2,1-2H3. The molecule has 0 heterocycles. The number of rotatable bonds is 8. The molecule has 5 heteroatoms. The first-order valence-electron chi connectivity index (χ1n) is 6.50. The van der Waals surface area contributed by atoms with Gasteiger partial charge in [-0.05, 0) is 24.6 Å². The van der Waals surface area contributed by atoms with Crippen LogP contribution in [0.2, 0.25) is 0 Å². The third-order valence-electron chi connectivity index (χ3n) is 2.87. The van der Waals surface area contributed by atoms with Gasteiger partial charge in [-0.25, -0.2) is 0 Å². The maximum atomic E-state index is 12.4. The highest BCUT2D eigenvalue weighted by atomic mass is 16.5. The number of amides is 1. The first kappa shape index (κ1) is 16.2. The molecule has 1 amide bonds. The third kappa shape index (κ3) is 5.00. The van der Waals surface area contributed by atoms with Crippen molar-refractivity contribution >= 4 is 5.91 Å². The fraction of sp³-hybridized carbons (Fsp3) is 0.467. The number of benzene rings is 1. The highest BCUT2D eigenvalue weighted by Gasteiger charge is 2.15. The van der Waals surface area contributed by atoms with E-state index in [0.29, 0.717) is 37.4 Å². The molecule has 1 rings (SSSR count). The zero-order chi connectivity index (χ0) is 14.8. The van der Waals surface area contributed by atoms with E-state index < -0.39 is 0 Å². The minimum atomic E-state index is -0.0877. The lowest BCUT2D eigenvalue weighted by molar-refractivity contribution is 0.0674. The molecule has 0 bridgehead atoms. The molecule has 0 radical (unpaired) electrons. The predicted molar refractivity (Wildman–Crippen MR) is 75.4 cm³/mol. The summed E-state index contributed by atoms with van der Waals surface area (Å²) in [7, 11) is 3.24. The summed E-state index contributed by atoms with van der Waals surface area (Å²) < 4.78 is 10.0. The second-order valence-electron chi connectivity index (χ2n) is 4.32. The monoisotopic (exact) mass is 276 g/mol. The predicted octanol–water partition coefficient (Wildman–Crippen LogP) is 1.68. The highest BCUT2D eigenvalue weighted by molar-refractivity contribution is 5.94. The van der Waals surface area contributed by atoms with E-state index in [9.17, 15) is 4.79 Å². The number of carbonyl (C=O) groups excluding carboxylic acids is 1. The number of ether oxygens (including phenoxy) is 2. The number of hydrogen-bond acceptors (Lipinski definition) is 4. The Morgan fingerprint density at radius 2 is 2.00 bits per heavy atom. The molecule has 0 aromatic heterocycles. The van der Waals surface area contributed by atoms with Gasteiger partial charge in [0.05, 0.1) is 18.2 Å². The number of carbonyl (C=O) groups is 1. The molecule has 0 aliphatic rings. The van der Waals surface area contributed by atoms with Crippen LogP contribution in [0.1, 0.15) is 22.3 Å². The second kappa shape index (κ2) is 9.08. The van der Waals surface area contributed by atoms with E-state index in [1.807, 2.05) is 6.07 Å². The zero-order valence-corrected chi connectivity index (χ0v) is 12.0. The summed E-state index contributed by atoms with van der Waals surface area (Å²) in [5, 5.41) is 8.89. The largest absolute Gasteiger partial charge is 0.385 e. The van der Waals surface area contributed by atoms with Crippen molar-refractivity contribution in [3.05, 3.63) is 35.4 Å². The van der Waals surface area contributed by atoms with E-state index in [4.69, 9.17) is 14.7 Å². The van der Waals surface area contributed by atoms with E-state index in [0.717, 1.165) is 6.42 Å². The molecule has 1 aromatic carbocycles. The maximum Gasteiger partial charge on any atom is 0.253 e. The number of nitriles is 1. The molecule has 5 nitrogen and oxygen atoms in total. The Hall–Kier alpha value is -1.90. The van der Waals surface area contributed by atoms with Crippen LogP contribution in [-0.4, -0.2) is 51.3 Å². The van der Waals surface area contributed by atoms with Gasteiger partial charge in [-0.2, -0.15) is 5.26 Å². The second-order valence-corrected chi connectivity index (χ2v) is 4.32. The van der Waals surface area contributed by atoms with Crippen molar-refractivity contribution in [3.63, 3.8) is 0 Å². The number of nitrogens with zero attached hydrogens (tertiary/aromatic N) is 2. The summed E-state index contributed by atoms with van der Waals surface area (Å²) in [4.78, 5) is 14.2. The van der Waals surface area contributed by atoms with Gasteiger partial charge in [0.25, 0.3) is 5.91 Å². The molecule has 0 aliphatic carbocycles. The first-order valence-corrected chi connectivity index (χ1v) is 6.50. The fourth-order valence-corrected chi connectivity index (χ4v) is 1.82. The summed E-state index contributed by atoms with van der Waals surface area (Å²) in [6.07, 6.45) is 0.768. The van der Waals surface area contributed by atoms with E-state index in [1.165, 1.54) is 0 Å². The van der Waals surface area contributed by atoms with Gasteiger partial charge in [-0.15, -0.1) is 0 Å². The number of methoxy groups -OCH3 is 2. The Balaban J connectivity index is 2.77. The smallest absolute Gasteiger partial charge is 0.253 e. The average molecular weight is 276 g/mol. The van der Waals surface area contributed by atoms with Gasteiger partial charge in [-0.3, -0.25) is 4.79 Å². The molecular formula is C15H20N2O3. The molecule has 20 heavy (non-hydrogen) atoms. The molecule has 0 unspecified atom stereocenters. The Morgan fingerprint density at radius 3 is 2.65 bits per heavy atom. The molecule has 0 atom stereocenters. The van der Waals surface area contributed by atoms with Crippen LogP contribution >= 0.6 is 0 Å². The molecule has 0 N–H and O–H groups in total. The Kier molecular flexibility index (Phi) is 7.33. The van der Waals surface area contributed by atoms with Crippen molar-refractivity contribution in [2.45, 2.75) is 6.42 Å². The number of hydrogen-bond donors (Lipinski definition) is 0. The van der Waals surface area contributed by atoms with Gasteiger partial charge in [0.2, 0.25) is 0 Å². The molecule has 0 saturated heterocycles. The maximum absolute atomic E-state index is 12.4. The van der Waals surface area contributed by atoms with Crippen molar-refractivity contribution in [1.29, 1.82) is 5.26 Å².